The number of hydrogen-bond donors (Lipinski definition) is 1. The standard InChI is InChI=1S/C9H5Cl3N4S/c10-6-4(3-5(13)16-7(6)11)17-9-8(12)14-1-2-15-9/h1-3H,(H2,13,16). The lowest BCUT2D eigenvalue weighted by molar-refractivity contribution is 1.05. The zero-order chi connectivity index (χ0) is 12.4. The zero-order valence-electron chi connectivity index (χ0n) is 8.19. The number of aromatic nitrogens is 3. The largest absolute Gasteiger partial charge is 0.384 e. The normalized spacial score (nSPS) is 10.5. The Kier molecular flexibility index (Phi) is 3.93. The predicted octanol–water partition coefficient (Wildman–Crippen LogP) is 3.57. The molecule has 0 radical (unpaired) electrons. The van der Waals surface area contributed by atoms with Gasteiger partial charge < -0.3 is 5.73 Å². The Morgan fingerprint density at radius 2 is 1.76 bits per heavy atom. The summed E-state index contributed by atoms with van der Waals surface area (Å²) in [5, 5.41) is 1.28. The molecule has 0 bridgehead atoms. The van der Waals surface area contributed by atoms with Gasteiger partial charge in [-0.25, -0.2) is 15.0 Å². The molecule has 0 saturated heterocycles. The molecule has 0 spiro atoms. The highest BCUT2D eigenvalue weighted by atomic mass is 35.5. The van der Waals surface area contributed by atoms with Crippen LogP contribution in [0.25, 0.3) is 0 Å². The van der Waals surface area contributed by atoms with E-state index in [-0.39, 0.29) is 11.0 Å². The van der Waals surface area contributed by atoms with Gasteiger partial charge in [0.1, 0.15) is 10.8 Å². The molecule has 0 aliphatic heterocycles. The van der Waals surface area contributed by atoms with Crippen LogP contribution < -0.4 is 5.73 Å². The van der Waals surface area contributed by atoms with Crippen LogP contribution in [-0.4, -0.2) is 15.0 Å². The molecule has 88 valence electrons. The molecule has 0 amide bonds. The van der Waals surface area contributed by atoms with Crippen LogP contribution in [0.15, 0.2) is 28.4 Å². The SMILES string of the molecule is Nc1cc(Sc2nccnc2Cl)c(Cl)c(Cl)n1. The second-order valence-corrected chi connectivity index (χ2v) is 5.03. The summed E-state index contributed by atoms with van der Waals surface area (Å²) in [6.07, 6.45) is 3.04. The van der Waals surface area contributed by atoms with Crippen molar-refractivity contribution in [1.29, 1.82) is 0 Å². The maximum Gasteiger partial charge on any atom is 0.161 e. The first-order valence-electron chi connectivity index (χ1n) is 4.34. The molecule has 2 aromatic rings. The van der Waals surface area contributed by atoms with E-state index in [1.165, 1.54) is 24.2 Å². The summed E-state index contributed by atoms with van der Waals surface area (Å²) in [6, 6.07) is 1.60. The van der Waals surface area contributed by atoms with Gasteiger partial charge in [0.25, 0.3) is 0 Å². The third-order valence-electron chi connectivity index (χ3n) is 1.73. The molecule has 0 unspecified atom stereocenters. The summed E-state index contributed by atoms with van der Waals surface area (Å²) in [5.41, 5.74) is 5.58. The summed E-state index contributed by atoms with van der Waals surface area (Å²) in [4.78, 5) is 12.4. The smallest absolute Gasteiger partial charge is 0.161 e. The lowest BCUT2D eigenvalue weighted by Crippen LogP contribution is -1.92. The molecule has 17 heavy (non-hydrogen) atoms. The molecule has 0 saturated carbocycles. The molecule has 2 aromatic heterocycles. The number of nitrogen functional groups attached to an aromatic ring is 1. The number of rotatable bonds is 2. The number of pyridine rings is 1. The Morgan fingerprint density at radius 3 is 2.47 bits per heavy atom. The molecule has 2 rings (SSSR count). The summed E-state index contributed by atoms with van der Waals surface area (Å²) >= 11 is 18.9. The van der Waals surface area contributed by atoms with Crippen molar-refractivity contribution in [3.8, 4) is 0 Å². The van der Waals surface area contributed by atoms with Crippen LogP contribution in [0.1, 0.15) is 0 Å². The van der Waals surface area contributed by atoms with Crippen LogP contribution in [0.4, 0.5) is 5.82 Å². The van der Waals surface area contributed by atoms with Gasteiger partial charge in [-0.1, -0.05) is 46.6 Å². The van der Waals surface area contributed by atoms with Crippen LogP contribution in [0.2, 0.25) is 15.3 Å². The molecule has 0 aromatic carbocycles. The first-order valence-corrected chi connectivity index (χ1v) is 6.29. The van der Waals surface area contributed by atoms with Gasteiger partial charge in [0.05, 0.1) is 5.02 Å². The Morgan fingerprint density at radius 1 is 1.06 bits per heavy atom. The number of hydrogen-bond acceptors (Lipinski definition) is 5. The van der Waals surface area contributed by atoms with Crippen LogP contribution >= 0.6 is 46.6 Å². The van der Waals surface area contributed by atoms with Crippen molar-refractivity contribution in [2.45, 2.75) is 9.92 Å². The van der Waals surface area contributed by atoms with Crippen molar-refractivity contribution >= 4 is 52.4 Å². The minimum absolute atomic E-state index is 0.147. The Balaban J connectivity index is 2.40. The van der Waals surface area contributed by atoms with Crippen LogP contribution in [0.3, 0.4) is 0 Å². The van der Waals surface area contributed by atoms with Crippen molar-refractivity contribution in [3.63, 3.8) is 0 Å². The molecule has 0 aliphatic carbocycles. The van der Waals surface area contributed by atoms with E-state index in [1.54, 1.807) is 6.07 Å². The minimum Gasteiger partial charge on any atom is -0.384 e. The average Bonchev–Trinajstić information content (AvgIpc) is 2.28. The Hall–Kier alpha value is -0.750. The van der Waals surface area contributed by atoms with Crippen molar-refractivity contribution in [3.05, 3.63) is 33.8 Å². The second kappa shape index (κ2) is 5.27. The zero-order valence-corrected chi connectivity index (χ0v) is 11.3. The molecular weight excluding hydrogens is 303 g/mol. The van der Waals surface area contributed by atoms with Crippen LogP contribution in [-0.2, 0) is 0 Å². The first-order chi connectivity index (χ1) is 8.08. The topological polar surface area (TPSA) is 64.7 Å². The van der Waals surface area contributed by atoms with Crippen molar-refractivity contribution < 1.29 is 0 Å². The summed E-state index contributed by atoms with van der Waals surface area (Å²) in [7, 11) is 0. The molecule has 0 fully saturated rings. The van der Waals surface area contributed by atoms with Gasteiger partial charge in [-0.2, -0.15) is 0 Å². The molecular formula is C9H5Cl3N4S. The summed E-state index contributed by atoms with van der Waals surface area (Å²) in [5.74, 6) is 0.280. The Labute approximate surface area is 117 Å². The van der Waals surface area contributed by atoms with E-state index in [2.05, 4.69) is 15.0 Å². The van der Waals surface area contributed by atoms with Crippen LogP contribution in [0.5, 0.6) is 0 Å². The Bertz CT molecular complexity index is 564. The van der Waals surface area contributed by atoms with E-state index < -0.39 is 0 Å². The lowest BCUT2D eigenvalue weighted by Gasteiger charge is -2.06. The molecule has 2 N–H and O–H groups in total. The maximum atomic E-state index is 6.01. The van der Waals surface area contributed by atoms with Crippen molar-refractivity contribution in [2.75, 3.05) is 5.73 Å². The highest BCUT2D eigenvalue weighted by molar-refractivity contribution is 7.99. The molecule has 8 heteroatoms. The van der Waals surface area contributed by atoms with Gasteiger partial charge in [0, 0.05) is 17.3 Å². The predicted molar refractivity (Wildman–Crippen MR) is 69.8 cm³/mol. The van der Waals surface area contributed by atoms with Crippen molar-refractivity contribution in [2.24, 2.45) is 0 Å². The summed E-state index contributed by atoms with van der Waals surface area (Å²) in [6.45, 7) is 0. The lowest BCUT2D eigenvalue weighted by atomic mass is 10.5. The highest BCUT2D eigenvalue weighted by Crippen LogP contribution is 2.38. The number of anilines is 1. The molecule has 0 aliphatic rings. The van der Waals surface area contributed by atoms with Gasteiger partial charge in [-0.05, 0) is 6.07 Å². The van der Waals surface area contributed by atoms with Crippen molar-refractivity contribution in [1.82, 2.24) is 15.0 Å². The molecule has 2 heterocycles. The number of halogens is 3. The van der Waals surface area contributed by atoms with Gasteiger partial charge >= 0.3 is 0 Å². The first kappa shape index (κ1) is 12.7. The molecule has 4 nitrogen and oxygen atoms in total. The fraction of sp³-hybridized carbons (Fsp3) is 0. The van der Waals surface area contributed by atoms with Gasteiger partial charge in [-0.15, -0.1) is 0 Å². The summed E-state index contributed by atoms with van der Waals surface area (Å²) < 4.78 is 0. The number of nitrogens with zero attached hydrogens (tertiary/aromatic N) is 3. The second-order valence-electron chi connectivity index (χ2n) is 2.90. The van der Waals surface area contributed by atoms with E-state index >= 15 is 0 Å². The maximum absolute atomic E-state index is 6.01. The van der Waals surface area contributed by atoms with Gasteiger partial charge in [0.15, 0.2) is 10.3 Å². The third kappa shape index (κ3) is 2.93. The molecule has 0 atom stereocenters. The van der Waals surface area contributed by atoms with Crippen LogP contribution in [0, 0.1) is 0 Å². The van der Waals surface area contributed by atoms with Gasteiger partial charge in [-0.3, -0.25) is 0 Å². The minimum atomic E-state index is 0.147. The van der Waals surface area contributed by atoms with E-state index in [9.17, 15) is 0 Å². The third-order valence-corrected chi connectivity index (χ3v) is 4.02. The monoisotopic (exact) mass is 306 g/mol. The van der Waals surface area contributed by atoms with E-state index in [1.807, 2.05) is 0 Å². The van der Waals surface area contributed by atoms with E-state index in [0.29, 0.717) is 20.1 Å². The average molecular weight is 308 g/mol. The van der Waals surface area contributed by atoms with E-state index in [4.69, 9.17) is 40.5 Å². The van der Waals surface area contributed by atoms with E-state index in [0.717, 1.165) is 0 Å². The quantitative estimate of drug-likeness (QED) is 0.859. The van der Waals surface area contributed by atoms with Gasteiger partial charge in [0.2, 0.25) is 0 Å². The highest BCUT2D eigenvalue weighted by Gasteiger charge is 2.12. The fourth-order valence-electron chi connectivity index (χ4n) is 1.05. The fourth-order valence-corrected chi connectivity index (χ4v) is 2.56. The number of nitrogens with two attached hydrogens (primary N) is 1.